The molecule has 1 aliphatic carbocycles. The van der Waals surface area contributed by atoms with Gasteiger partial charge < -0.3 is 10.1 Å². The van der Waals surface area contributed by atoms with E-state index < -0.39 is 11.0 Å². The van der Waals surface area contributed by atoms with Crippen LogP contribution < -0.4 is 14.4 Å². The molecule has 5 nitrogen and oxygen atoms in total. The maximum Gasteiger partial charge on any atom is 0.257 e. The molecular formula is C20H20Cl2N2O3S. The lowest BCUT2D eigenvalue weighted by atomic mass is 9.96. The molecule has 148 valence electrons. The molecular weight excluding hydrogens is 419 g/mol. The maximum atomic E-state index is 12.8. The minimum absolute atomic E-state index is 0.217. The van der Waals surface area contributed by atoms with E-state index >= 15 is 0 Å². The lowest BCUT2D eigenvalue weighted by Crippen LogP contribution is -2.24. The van der Waals surface area contributed by atoms with Gasteiger partial charge in [0.1, 0.15) is 16.7 Å². The molecule has 0 bridgehead atoms. The number of benzene rings is 2. The zero-order valence-corrected chi connectivity index (χ0v) is 17.4. The first kappa shape index (κ1) is 19.6. The molecule has 2 aromatic carbocycles. The minimum Gasteiger partial charge on any atom is -0.490 e. The molecule has 1 aliphatic heterocycles. The third-order valence-corrected chi connectivity index (χ3v) is 6.96. The summed E-state index contributed by atoms with van der Waals surface area (Å²) >= 11 is 12.4. The number of anilines is 2. The van der Waals surface area contributed by atoms with E-state index in [0.717, 1.165) is 24.9 Å². The van der Waals surface area contributed by atoms with Gasteiger partial charge in [-0.05, 0) is 56.0 Å². The average molecular weight is 439 g/mol. The molecule has 0 spiro atoms. The Hall–Kier alpha value is -1.76. The first-order chi connectivity index (χ1) is 13.5. The number of ether oxygens (including phenoxy) is 1. The summed E-state index contributed by atoms with van der Waals surface area (Å²) in [6.45, 7) is 0.700. The highest BCUT2D eigenvalue weighted by molar-refractivity contribution is 7.86. The van der Waals surface area contributed by atoms with Crippen molar-refractivity contribution in [3.8, 4) is 5.75 Å². The Labute approximate surface area is 176 Å². The third kappa shape index (κ3) is 4.29. The maximum absolute atomic E-state index is 12.8. The number of carbonyl (C=O) groups excluding carboxylic acids is 1. The van der Waals surface area contributed by atoms with Crippen molar-refractivity contribution in [1.29, 1.82) is 0 Å². The number of halogens is 2. The van der Waals surface area contributed by atoms with Crippen molar-refractivity contribution >= 4 is 51.5 Å². The highest BCUT2D eigenvalue weighted by Gasteiger charge is 2.23. The Morgan fingerprint density at radius 1 is 1.14 bits per heavy atom. The smallest absolute Gasteiger partial charge is 0.257 e. The number of rotatable bonds is 5. The number of nitrogens with zero attached hydrogens (tertiary/aromatic N) is 1. The molecule has 2 aromatic rings. The van der Waals surface area contributed by atoms with Gasteiger partial charge in [-0.3, -0.25) is 9.10 Å². The van der Waals surface area contributed by atoms with Crippen LogP contribution in [0.2, 0.25) is 10.0 Å². The monoisotopic (exact) mass is 438 g/mol. The SMILES string of the molecule is O=C(Nc1cc(Cl)cc(OC2CCC2)c1)c1cc(N2CCCS2=O)ccc1Cl. The van der Waals surface area contributed by atoms with Crippen LogP contribution in [0.25, 0.3) is 0 Å². The molecule has 2 fully saturated rings. The summed E-state index contributed by atoms with van der Waals surface area (Å²) in [5, 5.41) is 3.65. The molecule has 1 atom stereocenters. The highest BCUT2D eigenvalue weighted by atomic mass is 35.5. The predicted octanol–water partition coefficient (Wildman–Crippen LogP) is 5.05. The molecule has 2 aliphatic rings. The molecule has 1 saturated heterocycles. The first-order valence-electron chi connectivity index (χ1n) is 9.24. The van der Waals surface area contributed by atoms with Gasteiger partial charge in [0.05, 0.1) is 22.4 Å². The largest absolute Gasteiger partial charge is 0.490 e. The van der Waals surface area contributed by atoms with Crippen molar-refractivity contribution in [2.75, 3.05) is 21.9 Å². The van der Waals surface area contributed by atoms with E-state index in [9.17, 15) is 9.00 Å². The summed E-state index contributed by atoms with van der Waals surface area (Å²) in [6, 6.07) is 10.3. The van der Waals surface area contributed by atoms with Crippen molar-refractivity contribution < 1.29 is 13.7 Å². The number of amides is 1. The van der Waals surface area contributed by atoms with Gasteiger partial charge in [-0.1, -0.05) is 23.2 Å². The molecule has 1 saturated carbocycles. The van der Waals surface area contributed by atoms with E-state index in [1.165, 1.54) is 6.42 Å². The summed E-state index contributed by atoms with van der Waals surface area (Å²) < 4.78 is 19.8. The van der Waals surface area contributed by atoms with E-state index in [1.54, 1.807) is 40.7 Å². The van der Waals surface area contributed by atoms with Crippen LogP contribution in [-0.4, -0.2) is 28.5 Å². The number of hydrogen-bond acceptors (Lipinski definition) is 3. The summed E-state index contributed by atoms with van der Waals surface area (Å²) in [5.41, 5.74) is 1.59. The van der Waals surface area contributed by atoms with Crippen LogP contribution in [0.4, 0.5) is 11.4 Å². The molecule has 0 radical (unpaired) electrons. The molecule has 8 heteroatoms. The van der Waals surface area contributed by atoms with Gasteiger partial charge in [0.15, 0.2) is 0 Å². The second-order valence-corrected chi connectivity index (χ2v) is 9.28. The van der Waals surface area contributed by atoms with Crippen LogP contribution in [0.15, 0.2) is 36.4 Å². The van der Waals surface area contributed by atoms with E-state index in [4.69, 9.17) is 27.9 Å². The van der Waals surface area contributed by atoms with Gasteiger partial charge >= 0.3 is 0 Å². The normalized spacial score (nSPS) is 19.4. The first-order valence-corrected chi connectivity index (χ1v) is 11.3. The highest BCUT2D eigenvalue weighted by Crippen LogP contribution is 2.31. The topological polar surface area (TPSA) is 58.6 Å². The van der Waals surface area contributed by atoms with E-state index in [2.05, 4.69) is 5.32 Å². The quantitative estimate of drug-likeness (QED) is 0.709. The molecule has 1 N–H and O–H groups in total. The zero-order chi connectivity index (χ0) is 19.7. The van der Waals surface area contributed by atoms with Crippen molar-refractivity contribution in [3.63, 3.8) is 0 Å². The van der Waals surface area contributed by atoms with Crippen LogP contribution >= 0.6 is 23.2 Å². The Morgan fingerprint density at radius 2 is 1.96 bits per heavy atom. The van der Waals surface area contributed by atoms with Crippen LogP contribution in [0, 0.1) is 0 Å². The van der Waals surface area contributed by atoms with Gasteiger partial charge in [-0.25, -0.2) is 4.21 Å². The number of hydrogen-bond donors (Lipinski definition) is 1. The molecule has 1 heterocycles. The fraction of sp³-hybridized carbons (Fsp3) is 0.350. The summed E-state index contributed by atoms with van der Waals surface area (Å²) in [6.07, 6.45) is 4.33. The van der Waals surface area contributed by atoms with Gasteiger partial charge in [0, 0.05) is 29.1 Å². The van der Waals surface area contributed by atoms with Crippen molar-refractivity contribution in [1.82, 2.24) is 0 Å². The standard InChI is InChI=1S/C20H20Cl2N2O3S/c21-13-9-14(11-17(10-13)27-16-3-1-4-16)23-20(25)18-12-15(5-6-19(18)22)24-7-2-8-28(24)26/h5-6,9-12,16H,1-4,7-8H2,(H,23,25). The second kappa shape index (κ2) is 8.31. The van der Waals surface area contributed by atoms with Crippen LogP contribution in [-0.2, 0) is 11.0 Å². The van der Waals surface area contributed by atoms with Gasteiger partial charge in [0.25, 0.3) is 5.91 Å². The Balaban J connectivity index is 1.54. The second-order valence-electron chi connectivity index (χ2n) is 6.95. The van der Waals surface area contributed by atoms with Crippen LogP contribution in [0.5, 0.6) is 5.75 Å². The average Bonchev–Trinajstić information content (AvgIpc) is 3.04. The summed E-state index contributed by atoms with van der Waals surface area (Å²) in [4.78, 5) is 12.8. The zero-order valence-electron chi connectivity index (χ0n) is 15.1. The van der Waals surface area contributed by atoms with Gasteiger partial charge in [-0.2, -0.15) is 0 Å². The molecule has 1 unspecified atom stereocenters. The van der Waals surface area contributed by atoms with Crippen molar-refractivity contribution in [3.05, 3.63) is 52.0 Å². The van der Waals surface area contributed by atoms with Gasteiger partial charge in [0.2, 0.25) is 0 Å². The van der Waals surface area contributed by atoms with Gasteiger partial charge in [-0.15, -0.1) is 0 Å². The molecule has 4 rings (SSSR count). The van der Waals surface area contributed by atoms with Crippen molar-refractivity contribution in [2.45, 2.75) is 31.8 Å². The number of nitrogens with one attached hydrogen (secondary N) is 1. The van der Waals surface area contributed by atoms with Crippen LogP contribution in [0.3, 0.4) is 0 Å². The lowest BCUT2D eigenvalue weighted by molar-refractivity contribution is 0.102. The Bertz CT molecular complexity index is 934. The summed E-state index contributed by atoms with van der Waals surface area (Å²) in [5.74, 6) is 0.921. The Kier molecular flexibility index (Phi) is 5.80. The fourth-order valence-electron chi connectivity index (χ4n) is 3.22. The fourth-order valence-corrected chi connectivity index (χ4v) is 4.92. The third-order valence-electron chi connectivity index (χ3n) is 4.89. The van der Waals surface area contributed by atoms with E-state index in [0.29, 0.717) is 39.3 Å². The molecule has 0 aromatic heterocycles. The van der Waals surface area contributed by atoms with Crippen molar-refractivity contribution in [2.24, 2.45) is 0 Å². The molecule has 1 amide bonds. The predicted molar refractivity (Wildman–Crippen MR) is 114 cm³/mol. The number of carbonyl (C=O) groups is 1. The Morgan fingerprint density at radius 3 is 2.64 bits per heavy atom. The summed E-state index contributed by atoms with van der Waals surface area (Å²) in [7, 11) is -1.06. The molecule has 28 heavy (non-hydrogen) atoms. The lowest BCUT2D eigenvalue weighted by Gasteiger charge is -2.26. The minimum atomic E-state index is -1.06. The van der Waals surface area contributed by atoms with E-state index in [1.807, 2.05) is 0 Å². The van der Waals surface area contributed by atoms with Crippen LogP contribution in [0.1, 0.15) is 36.0 Å². The van der Waals surface area contributed by atoms with E-state index in [-0.39, 0.29) is 12.0 Å².